The second-order valence-electron chi connectivity index (χ2n) is 3.09. The van der Waals surface area contributed by atoms with E-state index in [0.717, 1.165) is 25.7 Å². The van der Waals surface area contributed by atoms with Crippen LogP contribution in [0.15, 0.2) is 0 Å². The monoisotopic (exact) mass is 186 g/mol. The van der Waals surface area contributed by atoms with Gasteiger partial charge in [-0.25, -0.2) is 10.4 Å². The zero-order valence-corrected chi connectivity index (χ0v) is 7.35. The van der Waals surface area contributed by atoms with Crippen LogP contribution in [0.5, 0.6) is 0 Å². The van der Waals surface area contributed by atoms with E-state index in [1.54, 1.807) is 5.01 Å². The molecule has 0 bridgehead atoms. The summed E-state index contributed by atoms with van der Waals surface area (Å²) in [6.45, 7) is 0.499. The number of nitrogens with one attached hydrogen (secondary N) is 1. The molecule has 0 aliphatic carbocycles. The lowest BCUT2D eigenvalue weighted by atomic mass is 10.2. The van der Waals surface area contributed by atoms with Crippen LogP contribution in [0.2, 0.25) is 0 Å². The van der Waals surface area contributed by atoms with Gasteiger partial charge in [0.2, 0.25) is 0 Å². The SMILES string of the molecule is O=C[C@H](CO)NN1CCC[C@H]1C=O. The smallest absolute Gasteiger partial charge is 0.140 e. The van der Waals surface area contributed by atoms with Gasteiger partial charge < -0.3 is 14.7 Å². The van der Waals surface area contributed by atoms with Gasteiger partial charge in [0.15, 0.2) is 0 Å². The summed E-state index contributed by atoms with van der Waals surface area (Å²) in [6, 6.07) is -0.755. The molecule has 0 amide bonds. The van der Waals surface area contributed by atoms with Crippen LogP contribution in [0.25, 0.3) is 0 Å². The summed E-state index contributed by atoms with van der Waals surface area (Å²) in [5, 5.41) is 10.4. The summed E-state index contributed by atoms with van der Waals surface area (Å²) in [6.07, 6.45) is 3.25. The lowest BCUT2D eigenvalue weighted by molar-refractivity contribution is -0.116. The minimum Gasteiger partial charge on any atom is -0.394 e. The van der Waals surface area contributed by atoms with Crippen molar-refractivity contribution in [2.24, 2.45) is 0 Å². The van der Waals surface area contributed by atoms with Crippen molar-refractivity contribution in [1.29, 1.82) is 0 Å². The third-order valence-corrected chi connectivity index (χ3v) is 2.15. The molecule has 2 atom stereocenters. The number of nitrogens with zero attached hydrogens (tertiary/aromatic N) is 1. The topological polar surface area (TPSA) is 69.6 Å². The van der Waals surface area contributed by atoms with E-state index in [0.29, 0.717) is 6.29 Å². The summed E-state index contributed by atoms with van der Waals surface area (Å²) in [5.41, 5.74) is 2.80. The van der Waals surface area contributed by atoms with Gasteiger partial charge in [0.05, 0.1) is 18.7 Å². The predicted molar refractivity (Wildman–Crippen MR) is 45.9 cm³/mol. The molecule has 5 nitrogen and oxygen atoms in total. The first-order valence-electron chi connectivity index (χ1n) is 4.36. The van der Waals surface area contributed by atoms with Crippen molar-refractivity contribution in [2.45, 2.75) is 24.9 Å². The first-order chi connectivity index (χ1) is 6.31. The number of aliphatic hydroxyl groups excluding tert-OH is 1. The van der Waals surface area contributed by atoms with Crippen molar-refractivity contribution >= 4 is 12.6 Å². The third-order valence-electron chi connectivity index (χ3n) is 2.15. The van der Waals surface area contributed by atoms with Gasteiger partial charge in [0.1, 0.15) is 12.6 Å². The second-order valence-corrected chi connectivity index (χ2v) is 3.09. The average Bonchev–Trinajstić information content (AvgIpc) is 2.61. The van der Waals surface area contributed by atoms with Gasteiger partial charge in [-0.1, -0.05) is 0 Å². The zero-order valence-electron chi connectivity index (χ0n) is 7.35. The highest BCUT2D eigenvalue weighted by Gasteiger charge is 2.25. The molecule has 1 saturated heterocycles. The zero-order chi connectivity index (χ0) is 9.68. The van der Waals surface area contributed by atoms with Gasteiger partial charge in [-0.3, -0.25) is 0 Å². The molecule has 5 heteroatoms. The molecule has 1 aliphatic heterocycles. The Balaban J connectivity index is 2.42. The Labute approximate surface area is 76.7 Å². The van der Waals surface area contributed by atoms with Crippen molar-refractivity contribution in [2.75, 3.05) is 13.2 Å². The first-order valence-corrected chi connectivity index (χ1v) is 4.36. The number of carbonyl (C=O) groups is 2. The van der Waals surface area contributed by atoms with Crippen molar-refractivity contribution < 1.29 is 14.7 Å². The van der Waals surface area contributed by atoms with Crippen molar-refractivity contribution in [3.8, 4) is 0 Å². The van der Waals surface area contributed by atoms with Gasteiger partial charge in [0, 0.05) is 6.54 Å². The van der Waals surface area contributed by atoms with E-state index in [-0.39, 0.29) is 12.6 Å². The van der Waals surface area contributed by atoms with Gasteiger partial charge in [0.25, 0.3) is 0 Å². The van der Waals surface area contributed by atoms with E-state index in [4.69, 9.17) is 5.11 Å². The normalized spacial score (nSPS) is 25.8. The predicted octanol–water partition coefficient (Wildman–Crippen LogP) is -1.29. The fourth-order valence-corrected chi connectivity index (χ4v) is 1.42. The van der Waals surface area contributed by atoms with Crippen LogP contribution >= 0.6 is 0 Å². The van der Waals surface area contributed by atoms with Crippen molar-refractivity contribution in [3.05, 3.63) is 0 Å². The number of carbonyl (C=O) groups excluding carboxylic acids is 2. The Bertz CT molecular complexity index is 186. The molecule has 13 heavy (non-hydrogen) atoms. The van der Waals surface area contributed by atoms with E-state index in [2.05, 4.69) is 5.43 Å². The highest BCUT2D eigenvalue weighted by atomic mass is 16.3. The van der Waals surface area contributed by atoms with E-state index in [1.165, 1.54) is 0 Å². The maximum atomic E-state index is 10.5. The van der Waals surface area contributed by atoms with Crippen LogP contribution in [0, 0.1) is 0 Å². The minimum absolute atomic E-state index is 0.158. The molecule has 0 saturated carbocycles. The van der Waals surface area contributed by atoms with Crippen molar-refractivity contribution in [1.82, 2.24) is 10.4 Å². The molecular weight excluding hydrogens is 172 g/mol. The molecule has 1 heterocycles. The molecule has 1 fully saturated rings. The van der Waals surface area contributed by atoms with Crippen LogP contribution in [-0.2, 0) is 9.59 Å². The molecule has 0 aromatic carbocycles. The van der Waals surface area contributed by atoms with Gasteiger partial charge in [-0.15, -0.1) is 0 Å². The number of hydrazine groups is 1. The number of hydrogen-bond donors (Lipinski definition) is 2. The second kappa shape index (κ2) is 5.06. The van der Waals surface area contributed by atoms with Crippen LogP contribution in [-0.4, -0.2) is 47.9 Å². The first kappa shape index (κ1) is 10.3. The minimum atomic E-state index is -0.597. The van der Waals surface area contributed by atoms with Crippen LogP contribution < -0.4 is 5.43 Å². The molecule has 0 unspecified atom stereocenters. The molecule has 2 N–H and O–H groups in total. The summed E-state index contributed by atoms with van der Waals surface area (Å²) >= 11 is 0. The largest absolute Gasteiger partial charge is 0.394 e. The van der Waals surface area contributed by atoms with Gasteiger partial charge in [-0.05, 0) is 12.8 Å². The quantitative estimate of drug-likeness (QED) is 0.523. The Morgan fingerprint density at radius 2 is 2.38 bits per heavy atom. The van der Waals surface area contributed by atoms with Gasteiger partial charge >= 0.3 is 0 Å². The Kier molecular flexibility index (Phi) is 4.01. The van der Waals surface area contributed by atoms with Crippen molar-refractivity contribution in [3.63, 3.8) is 0 Å². The molecule has 0 spiro atoms. The maximum absolute atomic E-state index is 10.5. The highest BCUT2D eigenvalue weighted by molar-refractivity contribution is 5.59. The average molecular weight is 186 g/mol. The molecule has 1 rings (SSSR count). The van der Waals surface area contributed by atoms with E-state index < -0.39 is 6.04 Å². The van der Waals surface area contributed by atoms with Crippen LogP contribution in [0.1, 0.15) is 12.8 Å². The number of aldehydes is 2. The van der Waals surface area contributed by atoms with Gasteiger partial charge in [-0.2, -0.15) is 0 Å². The number of rotatable bonds is 5. The lowest BCUT2D eigenvalue weighted by Gasteiger charge is -2.23. The molecule has 0 aromatic rings. The summed E-state index contributed by atoms with van der Waals surface area (Å²) in [4.78, 5) is 20.9. The Hall–Kier alpha value is -0.780. The molecule has 0 aromatic heterocycles. The summed E-state index contributed by atoms with van der Waals surface area (Å²) in [7, 11) is 0. The maximum Gasteiger partial charge on any atom is 0.140 e. The standard InChI is InChI=1S/C8H14N2O3/c11-4-7(5-12)9-10-3-1-2-8(10)6-13/h4,6-9,12H,1-3,5H2/t7-,8+/m1/s1. The fraction of sp³-hybridized carbons (Fsp3) is 0.750. The third kappa shape index (κ3) is 2.58. The number of hydrogen-bond acceptors (Lipinski definition) is 5. The fourth-order valence-electron chi connectivity index (χ4n) is 1.42. The summed E-state index contributed by atoms with van der Waals surface area (Å²) in [5.74, 6) is 0. The molecule has 0 radical (unpaired) electrons. The lowest BCUT2D eigenvalue weighted by Crippen LogP contribution is -2.49. The molecular formula is C8H14N2O3. The van der Waals surface area contributed by atoms with E-state index >= 15 is 0 Å². The Morgan fingerprint density at radius 3 is 2.92 bits per heavy atom. The molecule has 1 aliphatic rings. The van der Waals surface area contributed by atoms with Crippen LogP contribution in [0.3, 0.4) is 0 Å². The Morgan fingerprint density at radius 1 is 1.62 bits per heavy atom. The van der Waals surface area contributed by atoms with E-state index in [9.17, 15) is 9.59 Å². The van der Waals surface area contributed by atoms with E-state index in [1.807, 2.05) is 0 Å². The van der Waals surface area contributed by atoms with Crippen LogP contribution in [0.4, 0.5) is 0 Å². The molecule has 74 valence electrons. The highest BCUT2D eigenvalue weighted by Crippen LogP contribution is 2.12. The number of aliphatic hydroxyl groups is 1. The summed E-state index contributed by atoms with van der Waals surface area (Å²) < 4.78 is 0.